The number of nitrogens with one attached hydrogen (secondary N) is 1. The Bertz CT molecular complexity index is 490. The number of hydrogen-bond acceptors (Lipinski definition) is 3. The molecule has 2 fully saturated rings. The molecule has 0 bridgehead atoms. The van der Waals surface area contributed by atoms with Crippen LogP contribution in [0.4, 0.5) is 5.95 Å². The lowest BCUT2D eigenvalue weighted by Crippen LogP contribution is -2.43. The van der Waals surface area contributed by atoms with Gasteiger partial charge in [-0.1, -0.05) is 19.3 Å². The topological polar surface area (TPSA) is 36.9 Å². The predicted octanol–water partition coefficient (Wildman–Crippen LogP) is 3.54. The minimum absolute atomic E-state index is 0.366. The summed E-state index contributed by atoms with van der Waals surface area (Å²) < 4.78 is 2.90. The molecule has 2 unspecified atom stereocenters. The van der Waals surface area contributed by atoms with Crippen molar-refractivity contribution in [3.05, 3.63) is 4.77 Å². The van der Waals surface area contributed by atoms with Crippen molar-refractivity contribution in [3.63, 3.8) is 0 Å². The van der Waals surface area contributed by atoms with E-state index in [1.165, 1.54) is 32.1 Å². The SMILES string of the molecule is CC(C)n1c(N2CCC3CCCCC3C2)n[nH]c1=S. The van der Waals surface area contributed by atoms with Crippen LogP contribution in [0.25, 0.3) is 0 Å². The van der Waals surface area contributed by atoms with E-state index >= 15 is 0 Å². The molecule has 1 N–H and O–H groups in total. The number of anilines is 1. The molecule has 2 aliphatic rings. The number of fused-ring (bicyclic) bond motifs is 1. The molecule has 1 saturated carbocycles. The molecule has 0 amide bonds. The van der Waals surface area contributed by atoms with Gasteiger partial charge in [0.05, 0.1) is 0 Å². The molecule has 5 heteroatoms. The maximum atomic E-state index is 5.35. The van der Waals surface area contributed by atoms with Crippen LogP contribution in [0.2, 0.25) is 0 Å². The highest BCUT2D eigenvalue weighted by Gasteiger charge is 2.32. The molecule has 4 nitrogen and oxygen atoms in total. The van der Waals surface area contributed by atoms with Gasteiger partial charge in [0.25, 0.3) is 0 Å². The molecule has 1 aliphatic carbocycles. The van der Waals surface area contributed by atoms with Crippen LogP contribution in [-0.4, -0.2) is 27.9 Å². The van der Waals surface area contributed by atoms with Crippen molar-refractivity contribution >= 4 is 18.2 Å². The highest BCUT2D eigenvalue weighted by Crippen LogP contribution is 2.37. The molecule has 106 valence electrons. The normalized spacial score (nSPS) is 27.6. The van der Waals surface area contributed by atoms with Crippen molar-refractivity contribution < 1.29 is 0 Å². The summed E-state index contributed by atoms with van der Waals surface area (Å²) in [5.74, 6) is 2.87. The van der Waals surface area contributed by atoms with E-state index in [0.717, 1.165) is 35.6 Å². The molecule has 2 atom stereocenters. The number of nitrogens with zero attached hydrogens (tertiary/aromatic N) is 3. The first-order valence-corrected chi connectivity index (χ1v) is 7.99. The van der Waals surface area contributed by atoms with E-state index in [2.05, 4.69) is 33.5 Å². The predicted molar refractivity (Wildman–Crippen MR) is 80.1 cm³/mol. The molecular formula is C14H24N4S. The monoisotopic (exact) mass is 280 g/mol. The third-order valence-corrected chi connectivity index (χ3v) is 5.06. The Hall–Kier alpha value is -0.840. The second kappa shape index (κ2) is 5.27. The van der Waals surface area contributed by atoms with E-state index in [-0.39, 0.29) is 0 Å². The quantitative estimate of drug-likeness (QED) is 0.842. The Labute approximate surface area is 120 Å². The fourth-order valence-corrected chi connectivity index (χ4v) is 4.11. The second-order valence-electron chi connectivity index (χ2n) is 6.33. The van der Waals surface area contributed by atoms with Crippen LogP contribution in [0.15, 0.2) is 0 Å². The van der Waals surface area contributed by atoms with Crippen molar-refractivity contribution in [2.45, 2.75) is 52.0 Å². The van der Waals surface area contributed by atoms with Crippen molar-refractivity contribution in [2.24, 2.45) is 11.8 Å². The molecular weight excluding hydrogens is 256 g/mol. The third kappa shape index (κ3) is 2.45. The highest BCUT2D eigenvalue weighted by molar-refractivity contribution is 7.71. The summed E-state index contributed by atoms with van der Waals surface area (Å²) in [6, 6.07) is 0.366. The number of aromatic nitrogens is 3. The Morgan fingerprint density at radius 3 is 2.68 bits per heavy atom. The number of hydrogen-bond donors (Lipinski definition) is 1. The first-order valence-electron chi connectivity index (χ1n) is 7.58. The van der Waals surface area contributed by atoms with Gasteiger partial charge in [-0.25, -0.2) is 5.10 Å². The fourth-order valence-electron chi connectivity index (χ4n) is 3.77. The van der Waals surface area contributed by atoms with Gasteiger partial charge in [0.15, 0.2) is 4.77 Å². The van der Waals surface area contributed by atoms with Gasteiger partial charge >= 0.3 is 0 Å². The van der Waals surface area contributed by atoms with Crippen LogP contribution in [0.3, 0.4) is 0 Å². The number of aromatic amines is 1. The minimum atomic E-state index is 0.366. The average molecular weight is 280 g/mol. The summed E-state index contributed by atoms with van der Waals surface area (Å²) in [7, 11) is 0. The zero-order valence-corrected chi connectivity index (χ0v) is 12.7. The lowest BCUT2D eigenvalue weighted by atomic mass is 9.75. The lowest BCUT2D eigenvalue weighted by Gasteiger charge is -2.41. The molecule has 1 aromatic rings. The number of rotatable bonds is 2. The largest absolute Gasteiger partial charge is 0.341 e. The van der Waals surface area contributed by atoms with Crippen molar-refractivity contribution in [3.8, 4) is 0 Å². The maximum absolute atomic E-state index is 5.35. The van der Waals surface area contributed by atoms with Crippen LogP contribution in [-0.2, 0) is 0 Å². The molecule has 2 heterocycles. The van der Waals surface area contributed by atoms with E-state index in [1.54, 1.807) is 0 Å². The first kappa shape index (κ1) is 13.2. The molecule has 1 aromatic heterocycles. The molecule has 0 spiro atoms. The molecule has 0 radical (unpaired) electrons. The Kier molecular flexibility index (Phi) is 3.65. The number of H-pyrrole nitrogens is 1. The van der Waals surface area contributed by atoms with Gasteiger partial charge in [-0.15, -0.1) is 5.10 Å². The van der Waals surface area contributed by atoms with E-state index in [1.807, 2.05) is 0 Å². The Balaban J connectivity index is 1.81. The van der Waals surface area contributed by atoms with Gasteiger partial charge in [-0.05, 0) is 50.7 Å². The minimum Gasteiger partial charge on any atom is -0.341 e. The molecule has 19 heavy (non-hydrogen) atoms. The van der Waals surface area contributed by atoms with Crippen LogP contribution < -0.4 is 4.90 Å². The van der Waals surface area contributed by atoms with Gasteiger partial charge in [0.1, 0.15) is 0 Å². The van der Waals surface area contributed by atoms with Crippen LogP contribution in [0.5, 0.6) is 0 Å². The van der Waals surface area contributed by atoms with Crippen LogP contribution in [0, 0.1) is 16.6 Å². The van der Waals surface area contributed by atoms with Gasteiger partial charge in [-0.2, -0.15) is 0 Å². The zero-order valence-electron chi connectivity index (χ0n) is 11.9. The molecule has 3 rings (SSSR count). The van der Waals surface area contributed by atoms with E-state index in [9.17, 15) is 0 Å². The lowest BCUT2D eigenvalue weighted by molar-refractivity contribution is 0.200. The van der Waals surface area contributed by atoms with Crippen molar-refractivity contribution in [1.29, 1.82) is 0 Å². The fraction of sp³-hybridized carbons (Fsp3) is 0.857. The Morgan fingerprint density at radius 1 is 1.21 bits per heavy atom. The van der Waals surface area contributed by atoms with Crippen LogP contribution in [0.1, 0.15) is 52.0 Å². The van der Waals surface area contributed by atoms with Gasteiger partial charge < -0.3 is 4.90 Å². The highest BCUT2D eigenvalue weighted by atomic mass is 32.1. The van der Waals surface area contributed by atoms with E-state index < -0.39 is 0 Å². The van der Waals surface area contributed by atoms with Gasteiger partial charge in [0, 0.05) is 19.1 Å². The summed E-state index contributed by atoms with van der Waals surface area (Å²) in [5.41, 5.74) is 0. The standard InChI is InChI=1S/C14H24N4S/c1-10(2)18-13(15-16-14(18)19)17-8-7-11-5-3-4-6-12(11)9-17/h10-12H,3-9H2,1-2H3,(H,16,19). The summed E-state index contributed by atoms with van der Waals surface area (Å²) in [6.45, 7) is 6.63. The second-order valence-corrected chi connectivity index (χ2v) is 6.72. The average Bonchev–Trinajstić information content (AvgIpc) is 2.80. The Morgan fingerprint density at radius 2 is 1.95 bits per heavy atom. The first-order chi connectivity index (χ1) is 9.16. The zero-order chi connectivity index (χ0) is 13.4. The van der Waals surface area contributed by atoms with E-state index in [0.29, 0.717) is 6.04 Å². The van der Waals surface area contributed by atoms with Crippen molar-refractivity contribution in [1.82, 2.24) is 14.8 Å². The van der Waals surface area contributed by atoms with Gasteiger partial charge in [-0.3, -0.25) is 4.57 Å². The summed E-state index contributed by atoms with van der Waals surface area (Å²) in [4.78, 5) is 2.44. The van der Waals surface area contributed by atoms with Crippen LogP contribution >= 0.6 is 12.2 Å². The third-order valence-electron chi connectivity index (χ3n) is 4.78. The number of piperidine rings is 1. The summed E-state index contributed by atoms with van der Waals surface area (Å²) >= 11 is 5.35. The van der Waals surface area contributed by atoms with Crippen molar-refractivity contribution in [2.75, 3.05) is 18.0 Å². The summed E-state index contributed by atoms with van der Waals surface area (Å²) in [6.07, 6.45) is 7.00. The maximum Gasteiger partial charge on any atom is 0.225 e. The molecule has 1 saturated heterocycles. The molecule has 0 aromatic carbocycles. The van der Waals surface area contributed by atoms with Gasteiger partial charge in [0.2, 0.25) is 5.95 Å². The smallest absolute Gasteiger partial charge is 0.225 e. The van der Waals surface area contributed by atoms with E-state index in [4.69, 9.17) is 12.2 Å². The summed E-state index contributed by atoms with van der Waals surface area (Å²) in [5, 5.41) is 7.43. The molecule has 1 aliphatic heterocycles.